The average Bonchev–Trinajstić information content (AvgIpc) is 2.90. The summed E-state index contributed by atoms with van der Waals surface area (Å²) in [6.45, 7) is 16.1. The molecule has 1 aromatic carbocycles. The first-order valence-electron chi connectivity index (χ1n) is 14.2. The fraction of sp³-hybridized carbons (Fsp3) is 0.633. The zero-order valence-electron chi connectivity index (χ0n) is 24.8. The Bertz CT molecular complexity index is 1100. The van der Waals surface area contributed by atoms with Crippen LogP contribution in [0.15, 0.2) is 30.3 Å². The van der Waals surface area contributed by atoms with E-state index >= 15 is 0 Å². The fourth-order valence-corrected chi connectivity index (χ4v) is 5.50. The van der Waals surface area contributed by atoms with E-state index in [0.717, 1.165) is 37.6 Å². The predicted octanol–water partition coefficient (Wildman–Crippen LogP) is 4.23. The van der Waals surface area contributed by atoms with E-state index in [4.69, 9.17) is 19.4 Å². The van der Waals surface area contributed by atoms with Crippen molar-refractivity contribution in [3.05, 3.63) is 47.2 Å². The van der Waals surface area contributed by atoms with Crippen molar-refractivity contribution in [1.82, 2.24) is 24.7 Å². The summed E-state index contributed by atoms with van der Waals surface area (Å²) in [5, 5.41) is 0. The minimum atomic E-state index is -0.236. The van der Waals surface area contributed by atoms with Gasteiger partial charge in [0.1, 0.15) is 12.4 Å². The highest BCUT2D eigenvalue weighted by molar-refractivity contribution is 5.69. The summed E-state index contributed by atoms with van der Waals surface area (Å²) in [7, 11) is 4.06. The molecule has 214 valence electrons. The first kappa shape index (κ1) is 29.1. The van der Waals surface area contributed by atoms with Crippen molar-refractivity contribution in [2.45, 2.75) is 59.7 Å². The molecule has 2 aliphatic rings. The molecule has 0 aliphatic carbocycles. The number of amides is 1. The van der Waals surface area contributed by atoms with Crippen LogP contribution >= 0.6 is 0 Å². The van der Waals surface area contributed by atoms with Crippen molar-refractivity contribution in [2.75, 3.05) is 64.9 Å². The van der Waals surface area contributed by atoms with Gasteiger partial charge in [-0.2, -0.15) is 9.97 Å². The lowest BCUT2D eigenvalue weighted by atomic mass is 9.84. The number of fused-ring (bicyclic) bond motifs is 1. The van der Waals surface area contributed by atoms with Crippen LogP contribution in [0.1, 0.15) is 57.5 Å². The van der Waals surface area contributed by atoms with Gasteiger partial charge in [-0.05, 0) is 45.3 Å². The minimum Gasteiger partial charge on any atom is -0.462 e. The van der Waals surface area contributed by atoms with Crippen LogP contribution in [0.2, 0.25) is 0 Å². The van der Waals surface area contributed by atoms with Crippen LogP contribution in [0.3, 0.4) is 0 Å². The van der Waals surface area contributed by atoms with Gasteiger partial charge in [0.05, 0.1) is 24.4 Å². The molecule has 0 N–H and O–H groups in total. The summed E-state index contributed by atoms with van der Waals surface area (Å²) in [5.41, 5.74) is 3.42. The molecule has 0 saturated carbocycles. The Morgan fingerprint density at radius 2 is 1.85 bits per heavy atom. The molecule has 2 atom stereocenters. The second-order valence-corrected chi connectivity index (χ2v) is 11.9. The number of carbonyl (C=O) groups excluding carboxylic acids is 1. The lowest BCUT2D eigenvalue weighted by Crippen LogP contribution is -2.60. The number of hydrogen-bond donors (Lipinski definition) is 0. The summed E-state index contributed by atoms with van der Waals surface area (Å²) >= 11 is 0. The molecule has 4 rings (SSSR count). The van der Waals surface area contributed by atoms with Gasteiger partial charge in [-0.25, -0.2) is 4.79 Å². The molecule has 1 fully saturated rings. The standard InChI is InChI=1S/C30H46N6O3/c1-8-38-29(37)36-17-16-35(21-25(36)30(3,4)5)27-24-14-15-34(20-23-12-10-9-11-13-23)22(2)26(24)31-28(32-27)39-19-18-33(6)7/h9-13,22,25H,8,14-21H2,1-7H3. The molecule has 1 saturated heterocycles. The first-order valence-corrected chi connectivity index (χ1v) is 14.2. The van der Waals surface area contributed by atoms with Gasteiger partial charge in [0.15, 0.2) is 0 Å². The number of benzene rings is 1. The van der Waals surface area contributed by atoms with Gasteiger partial charge < -0.3 is 24.2 Å². The van der Waals surface area contributed by atoms with Gasteiger partial charge >= 0.3 is 12.1 Å². The molecule has 0 spiro atoms. The molecule has 9 heteroatoms. The Labute approximate surface area is 234 Å². The van der Waals surface area contributed by atoms with Crippen molar-refractivity contribution < 1.29 is 14.3 Å². The van der Waals surface area contributed by atoms with Gasteiger partial charge in [0, 0.05) is 44.8 Å². The number of likely N-dealkylation sites (N-methyl/N-ethyl adjacent to an activating group) is 1. The molecular formula is C30H46N6O3. The molecule has 2 aromatic rings. The summed E-state index contributed by atoms with van der Waals surface area (Å²) in [6, 6.07) is 11.2. The number of aromatic nitrogens is 2. The van der Waals surface area contributed by atoms with Gasteiger partial charge in [-0.15, -0.1) is 0 Å². The second-order valence-electron chi connectivity index (χ2n) is 11.9. The number of hydrogen-bond acceptors (Lipinski definition) is 8. The average molecular weight is 539 g/mol. The van der Waals surface area contributed by atoms with Crippen molar-refractivity contribution >= 4 is 11.9 Å². The lowest BCUT2D eigenvalue weighted by Gasteiger charge is -2.47. The van der Waals surface area contributed by atoms with Crippen LogP contribution in [0.4, 0.5) is 10.6 Å². The van der Waals surface area contributed by atoms with Gasteiger partial charge in [0.2, 0.25) is 0 Å². The minimum absolute atomic E-state index is 0.00961. The summed E-state index contributed by atoms with van der Waals surface area (Å²) < 4.78 is 11.5. The molecule has 1 amide bonds. The zero-order chi connectivity index (χ0) is 28.2. The fourth-order valence-electron chi connectivity index (χ4n) is 5.50. The van der Waals surface area contributed by atoms with Crippen LogP contribution in [-0.4, -0.2) is 96.8 Å². The van der Waals surface area contributed by atoms with Gasteiger partial charge in [0.25, 0.3) is 0 Å². The van der Waals surface area contributed by atoms with Crippen molar-refractivity contribution in [2.24, 2.45) is 5.41 Å². The van der Waals surface area contributed by atoms with Gasteiger partial charge in [-0.1, -0.05) is 51.1 Å². The monoisotopic (exact) mass is 538 g/mol. The molecule has 39 heavy (non-hydrogen) atoms. The van der Waals surface area contributed by atoms with E-state index in [9.17, 15) is 4.79 Å². The Kier molecular flexibility index (Phi) is 9.33. The largest absolute Gasteiger partial charge is 0.462 e. The quantitative estimate of drug-likeness (QED) is 0.495. The number of anilines is 1. The van der Waals surface area contributed by atoms with E-state index in [0.29, 0.717) is 38.9 Å². The molecule has 2 aliphatic heterocycles. The van der Waals surface area contributed by atoms with E-state index in [1.165, 1.54) is 11.1 Å². The first-order chi connectivity index (χ1) is 18.6. The molecule has 0 bridgehead atoms. The highest BCUT2D eigenvalue weighted by Gasteiger charge is 2.40. The Morgan fingerprint density at radius 1 is 1.10 bits per heavy atom. The highest BCUT2D eigenvalue weighted by Crippen LogP contribution is 2.37. The number of nitrogens with zero attached hydrogens (tertiary/aromatic N) is 6. The molecule has 2 unspecified atom stereocenters. The second kappa shape index (κ2) is 12.5. The Hall–Kier alpha value is -2.91. The summed E-state index contributed by atoms with van der Waals surface area (Å²) in [5.74, 6) is 0.948. The maximum atomic E-state index is 12.8. The molecule has 3 heterocycles. The van der Waals surface area contributed by atoms with E-state index in [2.05, 4.69) is 72.7 Å². The molecular weight excluding hydrogens is 492 g/mol. The van der Waals surface area contributed by atoms with Crippen LogP contribution < -0.4 is 9.64 Å². The third-order valence-corrected chi connectivity index (χ3v) is 7.77. The summed E-state index contributed by atoms with van der Waals surface area (Å²) in [4.78, 5) is 31.6. The van der Waals surface area contributed by atoms with Crippen molar-refractivity contribution in [1.29, 1.82) is 0 Å². The molecule has 9 nitrogen and oxygen atoms in total. The van der Waals surface area contributed by atoms with E-state index in [-0.39, 0.29) is 23.6 Å². The Balaban J connectivity index is 1.65. The third-order valence-electron chi connectivity index (χ3n) is 7.77. The topological polar surface area (TPSA) is 74.3 Å². The zero-order valence-corrected chi connectivity index (χ0v) is 24.8. The third kappa shape index (κ3) is 7.00. The van der Waals surface area contributed by atoms with E-state index < -0.39 is 0 Å². The molecule has 0 radical (unpaired) electrons. The number of rotatable bonds is 8. The Morgan fingerprint density at radius 3 is 2.51 bits per heavy atom. The van der Waals surface area contributed by atoms with E-state index in [1.54, 1.807) is 0 Å². The van der Waals surface area contributed by atoms with Gasteiger partial charge in [-0.3, -0.25) is 4.90 Å². The van der Waals surface area contributed by atoms with Crippen LogP contribution in [0.5, 0.6) is 6.01 Å². The van der Waals surface area contributed by atoms with Crippen LogP contribution in [0.25, 0.3) is 0 Å². The number of carbonyl (C=O) groups is 1. The maximum absolute atomic E-state index is 12.8. The highest BCUT2D eigenvalue weighted by atomic mass is 16.6. The van der Waals surface area contributed by atoms with E-state index in [1.807, 2.05) is 25.9 Å². The number of piperazine rings is 1. The lowest BCUT2D eigenvalue weighted by molar-refractivity contribution is 0.0530. The number of ether oxygens (including phenoxy) is 2. The van der Waals surface area contributed by atoms with Crippen LogP contribution in [0, 0.1) is 5.41 Å². The predicted molar refractivity (Wildman–Crippen MR) is 154 cm³/mol. The molecule has 1 aromatic heterocycles. The SMILES string of the molecule is CCOC(=O)N1CCN(c2nc(OCCN(C)C)nc3c2CCN(Cc2ccccc2)C3C)CC1C(C)(C)C. The maximum Gasteiger partial charge on any atom is 0.410 e. The van der Waals surface area contributed by atoms with Crippen molar-refractivity contribution in [3.8, 4) is 6.01 Å². The normalized spacial score (nSPS) is 20.2. The van der Waals surface area contributed by atoms with Crippen molar-refractivity contribution in [3.63, 3.8) is 0 Å². The van der Waals surface area contributed by atoms with Crippen LogP contribution in [-0.2, 0) is 17.7 Å². The summed E-state index contributed by atoms with van der Waals surface area (Å²) in [6.07, 6.45) is 0.637. The smallest absolute Gasteiger partial charge is 0.410 e.